The molecule has 3 aromatic rings. The highest BCUT2D eigenvalue weighted by Gasteiger charge is 2.20. The van der Waals surface area contributed by atoms with Crippen molar-refractivity contribution in [3.8, 4) is 5.69 Å². The minimum Gasteiger partial charge on any atom is -0.363 e. The van der Waals surface area contributed by atoms with Crippen LogP contribution in [0.4, 0.5) is 9.39 Å². The lowest BCUT2D eigenvalue weighted by atomic mass is 10.1. The maximum Gasteiger partial charge on any atom is 0.191 e. The molecule has 3 heterocycles. The van der Waals surface area contributed by atoms with E-state index >= 15 is 0 Å². The van der Waals surface area contributed by atoms with Crippen LogP contribution >= 0.6 is 11.3 Å². The second-order valence-electron chi connectivity index (χ2n) is 7.33. The third-order valence-corrected chi connectivity index (χ3v) is 6.22. The van der Waals surface area contributed by atoms with Crippen LogP contribution in [0, 0.1) is 5.82 Å². The molecule has 0 bridgehead atoms. The smallest absolute Gasteiger partial charge is 0.191 e. The largest absolute Gasteiger partial charge is 0.363 e. The predicted octanol–water partition coefficient (Wildman–Crippen LogP) is 3.45. The molecule has 0 aliphatic carbocycles. The van der Waals surface area contributed by atoms with Gasteiger partial charge in [-0.2, -0.15) is 5.10 Å². The van der Waals surface area contributed by atoms with Crippen LogP contribution in [0.3, 0.4) is 0 Å². The van der Waals surface area contributed by atoms with Gasteiger partial charge in [-0.1, -0.05) is 0 Å². The number of anilines is 1. The average molecular weight is 427 g/mol. The Morgan fingerprint density at radius 1 is 1.20 bits per heavy atom. The number of rotatable bonds is 6. The summed E-state index contributed by atoms with van der Waals surface area (Å²) in [5, 5.41) is 15.0. The summed E-state index contributed by atoms with van der Waals surface area (Å²) in [6.45, 7) is 2.88. The normalized spacial score (nSPS) is 15.4. The summed E-state index contributed by atoms with van der Waals surface area (Å²) in [5.41, 5.74) is 1.83. The van der Waals surface area contributed by atoms with E-state index in [-0.39, 0.29) is 5.82 Å². The van der Waals surface area contributed by atoms with Gasteiger partial charge in [-0.05, 0) is 60.7 Å². The van der Waals surface area contributed by atoms with Crippen LogP contribution in [0.2, 0.25) is 0 Å². The Bertz CT molecular complexity index is 942. The lowest BCUT2D eigenvalue weighted by Crippen LogP contribution is -2.49. The quantitative estimate of drug-likeness (QED) is 0.468. The van der Waals surface area contributed by atoms with Crippen LogP contribution in [0.1, 0.15) is 18.5 Å². The summed E-state index contributed by atoms with van der Waals surface area (Å²) in [4.78, 5) is 6.82. The second-order valence-corrected chi connectivity index (χ2v) is 8.26. The molecule has 0 saturated carbocycles. The van der Waals surface area contributed by atoms with Crippen LogP contribution < -0.4 is 15.5 Å². The summed E-state index contributed by atoms with van der Waals surface area (Å²) in [6, 6.07) is 13.1. The van der Waals surface area contributed by atoms with E-state index in [1.807, 2.05) is 12.3 Å². The van der Waals surface area contributed by atoms with Gasteiger partial charge in [0.05, 0.1) is 16.4 Å². The van der Waals surface area contributed by atoms with Gasteiger partial charge in [-0.15, -0.1) is 11.3 Å². The zero-order valence-corrected chi connectivity index (χ0v) is 17.9. The van der Waals surface area contributed by atoms with Gasteiger partial charge in [0.2, 0.25) is 0 Å². The van der Waals surface area contributed by atoms with E-state index in [0.717, 1.165) is 56.2 Å². The van der Waals surface area contributed by atoms with Gasteiger partial charge in [0.15, 0.2) is 5.96 Å². The van der Waals surface area contributed by atoms with E-state index in [2.05, 4.69) is 43.1 Å². The topological polar surface area (TPSA) is 57.5 Å². The van der Waals surface area contributed by atoms with Crippen molar-refractivity contribution in [1.82, 2.24) is 20.4 Å². The van der Waals surface area contributed by atoms with Crippen molar-refractivity contribution < 1.29 is 4.39 Å². The highest BCUT2D eigenvalue weighted by Crippen LogP contribution is 2.24. The number of nitrogens with one attached hydrogen (secondary N) is 2. The van der Waals surface area contributed by atoms with Gasteiger partial charge in [-0.25, -0.2) is 9.07 Å². The van der Waals surface area contributed by atoms with E-state index in [9.17, 15) is 4.39 Å². The first-order chi connectivity index (χ1) is 14.7. The highest BCUT2D eigenvalue weighted by molar-refractivity contribution is 7.14. The van der Waals surface area contributed by atoms with Crippen molar-refractivity contribution in [1.29, 1.82) is 0 Å². The summed E-state index contributed by atoms with van der Waals surface area (Å²) in [6.07, 6.45) is 4.88. The summed E-state index contributed by atoms with van der Waals surface area (Å²) >= 11 is 1.80. The molecule has 0 radical (unpaired) electrons. The predicted molar refractivity (Wildman–Crippen MR) is 121 cm³/mol. The SMILES string of the molecule is CN=C(NCCc1ccn(-c2ccc(F)cc2)n1)NC1CCN(c2cccs2)CC1. The molecular formula is C22H27FN6S. The first kappa shape index (κ1) is 20.4. The lowest BCUT2D eigenvalue weighted by Gasteiger charge is -2.33. The summed E-state index contributed by atoms with van der Waals surface area (Å²) in [5.74, 6) is 0.592. The number of aliphatic imine (C=N–C) groups is 1. The molecule has 1 fully saturated rings. The molecule has 4 rings (SSSR count). The molecule has 158 valence electrons. The number of benzene rings is 1. The number of nitrogens with zero attached hydrogens (tertiary/aromatic N) is 4. The fourth-order valence-corrected chi connectivity index (χ4v) is 4.41. The number of hydrogen-bond donors (Lipinski definition) is 2. The van der Waals surface area contributed by atoms with Crippen LogP contribution in [0.25, 0.3) is 5.69 Å². The van der Waals surface area contributed by atoms with Gasteiger partial charge in [0.25, 0.3) is 0 Å². The number of hydrogen-bond acceptors (Lipinski definition) is 4. The summed E-state index contributed by atoms with van der Waals surface area (Å²) < 4.78 is 14.8. The molecule has 1 aliphatic rings. The number of aromatic nitrogens is 2. The number of halogens is 1. The van der Waals surface area contributed by atoms with Crippen molar-refractivity contribution in [2.24, 2.45) is 4.99 Å². The number of guanidine groups is 1. The van der Waals surface area contributed by atoms with Crippen LogP contribution in [-0.4, -0.2) is 48.5 Å². The molecule has 1 aromatic carbocycles. The fraction of sp³-hybridized carbons (Fsp3) is 0.364. The summed E-state index contributed by atoms with van der Waals surface area (Å²) in [7, 11) is 1.80. The van der Waals surface area contributed by atoms with Gasteiger partial charge in [0.1, 0.15) is 5.82 Å². The molecule has 2 N–H and O–H groups in total. The minimum atomic E-state index is -0.244. The molecule has 6 nitrogen and oxygen atoms in total. The molecule has 8 heteroatoms. The molecule has 0 atom stereocenters. The van der Waals surface area contributed by atoms with Gasteiger partial charge < -0.3 is 15.5 Å². The molecule has 0 unspecified atom stereocenters. The van der Waals surface area contributed by atoms with Gasteiger partial charge in [-0.3, -0.25) is 4.99 Å². The Kier molecular flexibility index (Phi) is 6.63. The minimum absolute atomic E-state index is 0.244. The van der Waals surface area contributed by atoms with Crippen molar-refractivity contribution in [3.63, 3.8) is 0 Å². The lowest BCUT2D eigenvalue weighted by molar-refractivity contribution is 0.463. The third-order valence-electron chi connectivity index (χ3n) is 5.29. The number of thiophene rings is 1. The van der Waals surface area contributed by atoms with E-state index in [1.165, 1.54) is 17.1 Å². The van der Waals surface area contributed by atoms with Crippen molar-refractivity contribution in [2.75, 3.05) is 31.6 Å². The third kappa shape index (κ3) is 5.18. The Morgan fingerprint density at radius 3 is 2.70 bits per heavy atom. The van der Waals surface area contributed by atoms with Crippen LogP contribution in [-0.2, 0) is 6.42 Å². The Morgan fingerprint density at radius 2 is 2.00 bits per heavy atom. The van der Waals surface area contributed by atoms with Gasteiger partial charge >= 0.3 is 0 Å². The van der Waals surface area contributed by atoms with E-state index in [0.29, 0.717) is 6.04 Å². The first-order valence-corrected chi connectivity index (χ1v) is 11.2. The second kappa shape index (κ2) is 9.75. The molecule has 30 heavy (non-hydrogen) atoms. The Hall–Kier alpha value is -2.87. The van der Waals surface area contributed by atoms with Crippen molar-refractivity contribution >= 4 is 22.3 Å². The maximum atomic E-state index is 13.1. The molecular weight excluding hydrogens is 399 g/mol. The average Bonchev–Trinajstić information content (AvgIpc) is 3.47. The van der Waals surface area contributed by atoms with Gasteiger partial charge in [0, 0.05) is 45.3 Å². The van der Waals surface area contributed by atoms with E-state index < -0.39 is 0 Å². The van der Waals surface area contributed by atoms with Crippen LogP contribution in [0.5, 0.6) is 0 Å². The first-order valence-electron chi connectivity index (χ1n) is 10.3. The Balaban J connectivity index is 1.21. The fourth-order valence-electron chi connectivity index (χ4n) is 3.62. The van der Waals surface area contributed by atoms with E-state index in [1.54, 1.807) is 35.2 Å². The van der Waals surface area contributed by atoms with Crippen molar-refractivity contribution in [3.05, 3.63) is 65.6 Å². The van der Waals surface area contributed by atoms with Crippen molar-refractivity contribution in [2.45, 2.75) is 25.3 Å². The van der Waals surface area contributed by atoms with E-state index in [4.69, 9.17) is 0 Å². The molecule has 1 saturated heterocycles. The molecule has 0 spiro atoms. The maximum absolute atomic E-state index is 13.1. The standard InChI is InChI=1S/C22H27FN6S/c1-24-22(26-18-9-13-28(14-10-18)21-3-2-16-30-21)25-12-8-19-11-15-29(27-19)20-6-4-17(23)5-7-20/h2-7,11,15-16,18H,8-10,12-14H2,1H3,(H2,24,25,26). The zero-order chi connectivity index (χ0) is 20.8. The number of piperidine rings is 1. The highest BCUT2D eigenvalue weighted by atomic mass is 32.1. The molecule has 1 aliphatic heterocycles. The monoisotopic (exact) mass is 426 g/mol. The Labute approximate surface area is 180 Å². The molecule has 2 aromatic heterocycles. The zero-order valence-electron chi connectivity index (χ0n) is 17.1. The molecule has 0 amide bonds. The van der Waals surface area contributed by atoms with Crippen LogP contribution in [0.15, 0.2) is 59.0 Å².